The number of sulfonamides is 1. The van der Waals surface area contributed by atoms with Crippen LogP contribution in [-0.2, 0) is 16.6 Å². The average molecular weight is 479 g/mol. The first kappa shape index (κ1) is 25.5. The van der Waals surface area contributed by atoms with Crippen molar-refractivity contribution in [1.29, 1.82) is 0 Å². The molecule has 0 unspecified atom stereocenters. The van der Waals surface area contributed by atoms with Crippen molar-refractivity contribution in [3.8, 4) is 0 Å². The van der Waals surface area contributed by atoms with Crippen LogP contribution in [0.3, 0.4) is 0 Å². The minimum absolute atomic E-state index is 0.0709. The van der Waals surface area contributed by atoms with Gasteiger partial charge in [-0.25, -0.2) is 8.42 Å². The van der Waals surface area contributed by atoms with Crippen molar-refractivity contribution >= 4 is 21.6 Å². The molecule has 0 saturated carbocycles. The maximum atomic E-state index is 13.0. The molecule has 3 aromatic carbocycles. The van der Waals surface area contributed by atoms with Crippen LogP contribution in [-0.4, -0.2) is 20.6 Å². The summed E-state index contributed by atoms with van der Waals surface area (Å²) < 4.78 is 26.6. The maximum Gasteiger partial charge on any atom is 0.251 e. The zero-order valence-electron chi connectivity index (χ0n) is 20.6. The van der Waals surface area contributed by atoms with Crippen molar-refractivity contribution in [1.82, 2.24) is 5.32 Å². The standard InChI is InChI=1S/C28H34N2O3S/c1-20(2)17-26(24-9-7-6-8-10-24)29-28(31)25-15-13-23(14-16-25)19-30(34(5,32)33)27-18-21(3)11-12-22(27)4/h6-16,18,20,26H,17,19H2,1-5H3,(H,29,31)/t26-/m0/s1. The molecule has 0 aliphatic heterocycles. The zero-order valence-corrected chi connectivity index (χ0v) is 21.4. The number of nitrogens with zero attached hydrogens (tertiary/aromatic N) is 1. The van der Waals surface area contributed by atoms with Crippen molar-refractivity contribution in [2.75, 3.05) is 10.6 Å². The van der Waals surface area contributed by atoms with Gasteiger partial charge in [-0.1, -0.05) is 68.4 Å². The first-order valence-corrected chi connectivity index (χ1v) is 13.4. The molecule has 0 saturated heterocycles. The number of benzene rings is 3. The first-order valence-electron chi connectivity index (χ1n) is 11.5. The summed E-state index contributed by atoms with van der Waals surface area (Å²) in [5.41, 5.74) is 5.00. The molecule has 0 radical (unpaired) electrons. The van der Waals surface area contributed by atoms with Crippen LogP contribution in [0.15, 0.2) is 72.8 Å². The Morgan fingerprint density at radius 1 is 0.941 bits per heavy atom. The van der Waals surface area contributed by atoms with E-state index in [1.54, 1.807) is 12.1 Å². The molecule has 1 N–H and O–H groups in total. The molecule has 34 heavy (non-hydrogen) atoms. The summed E-state index contributed by atoms with van der Waals surface area (Å²) in [5, 5.41) is 3.16. The summed E-state index contributed by atoms with van der Waals surface area (Å²) in [5.74, 6) is 0.287. The van der Waals surface area contributed by atoms with Gasteiger partial charge >= 0.3 is 0 Å². The minimum Gasteiger partial charge on any atom is -0.345 e. The molecule has 0 aliphatic rings. The van der Waals surface area contributed by atoms with Gasteiger partial charge in [0.05, 0.1) is 24.5 Å². The van der Waals surface area contributed by atoms with E-state index in [-0.39, 0.29) is 18.5 Å². The summed E-state index contributed by atoms with van der Waals surface area (Å²) in [4.78, 5) is 13.0. The Balaban J connectivity index is 1.79. The topological polar surface area (TPSA) is 66.5 Å². The fraction of sp³-hybridized carbons (Fsp3) is 0.321. The number of amides is 1. The summed E-state index contributed by atoms with van der Waals surface area (Å²) >= 11 is 0. The van der Waals surface area contributed by atoms with E-state index in [0.717, 1.165) is 28.7 Å². The number of carbonyl (C=O) groups is 1. The molecular formula is C28H34N2O3S. The van der Waals surface area contributed by atoms with Crippen LogP contribution in [0.1, 0.15) is 58.9 Å². The van der Waals surface area contributed by atoms with Gasteiger partial charge in [-0.3, -0.25) is 9.10 Å². The fourth-order valence-corrected chi connectivity index (χ4v) is 4.91. The Morgan fingerprint density at radius 3 is 2.18 bits per heavy atom. The van der Waals surface area contributed by atoms with Crippen LogP contribution < -0.4 is 9.62 Å². The molecular weight excluding hydrogens is 444 g/mol. The predicted molar refractivity (Wildman–Crippen MR) is 139 cm³/mol. The second-order valence-corrected chi connectivity index (χ2v) is 11.2. The third kappa shape index (κ3) is 6.70. The molecule has 0 aromatic heterocycles. The highest BCUT2D eigenvalue weighted by molar-refractivity contribution is 7.92. The lowest BCUT2D eigenvalue weighted by Crippen LogP contribution is -2.30. The molecule has 3 aromatic rings. The van der Waals surface area contributed by atoms with Crippen LogP contribution in [0.2, 0.25) is 0 Å². The van der Waals surface area contributed by atoms with Gasteiger partial charge in [0.1, 0.15) is 0 Å². The van der Waals surface area contributed by atoms with Crippen molar-refractivity contribution in [2.45, 2.75) is 46.7 Å². The van der Waals surface area contributed by atoms with Crippen molar-refractivity contribution in [3.05, 3.63) is 101 Å². The molecule has 0 heterocycles. The van der Waals surface area contributed by atoms with Gasteiger partial charge in [-0.2, -0.15) is 0 Å². The number of anilines is 1. The number of rotatable bonds is 9. The van der Waals surface area contributed by atoms with Crippen LogP contribution >= 0.6 is 0 Å². The Bertz CT molecular complexity index is 1220. The quantitative estimate of drug-likeness (QED) is 0.423. The van der Waals surface area contributed by atoms with E-state index in [4.69, 9.17) is 0 Å². The van der Waals surface area contributed by atoms with Gasteiger partial charge in [0.15, 0.2) is 0 Å². The zero-order chi connectivity index (χ0) is 24.9. The van der Waals surface area contributed by atoms with Gasteiger partial charge in [-0.15, -0.1) is 0 Å². The monoisotopic (exact) mass is 478 g/mol. The van der Waals surface area contributed by atoms with E-state index in [9.17, 15) is 13.2 Å². The maximum absolute atomic E-state index is 13.0. The lowest BCUT2D eigenvalue weighted by atomic mass is 9.96. The number of carbonyl (C=O) groups excluding carboxylic acids is 1. The Kier molecular flexibility index (Phi) is 8.15. The molecule has 1 atom stereocenters. The summed E-state index contributed by atoms with van der Waals surface area (Å²) in [6.07, 6.45) is 2.06. The van der Waals surface area contributed by atoms with Gasteiger partial charge in [0.25, 0.3) is 5.91 Å². The van der Waals surface area contributed by atoms with E-state index in [1.165, 1.54) is 10.6 Å². The molecule has 5 nitrogen and oxygen atoms in total. The smallest absolute Gasteiger partial charge is 0.251 e. The van der Waals surface area contributed by atoms with E-state index in [2.05, 4.69) is 19.2 Å². The fourth-order valence-electron chi connectivity index (χ4n) is 3.97. The Hall–Kier alpha value is -3.12. The minimum atomic E-state index is -3.49. The van der Waals surface area contributed by atoms with Crippen LogP contribution in [0.5, 0.6) is 0 Å². The molecule has 0 aliphatic carbocycles. The van der Waals surface area contributed by atoms with Gasteiger partial charge in [0, 0.05) is 5.56 Å². The summed E-state index contributed by atoms with van der Waals surface area (Å²) in [6, 6.07) is 22.8. The number of hydrogen-bond acceptors (Lipinski definition) is 3. The first-order chi connectivity index (χ1) is 16.0. The van der Waals surface area contributed by atoms with E-state index in [0.29, 0.717) is 17.2 Å². The molecule has 180 valence electrons. The molecule has 0 spiro atoms. The van der Waals surface area contributed by atoms with Crippen LogP contribution in [0.25, 0.3) is 0 Å². The highest BCUT2D eigenvalue weighted by Crippen LogP contribution is 2.26. The molecule has 0 fully saturated rings. The summed E-state index contributed by atoms with van der Waals surface area (Å²) in [7, 11) is -3.49. The second-order valence-electron chi connectivity index (χ2n) is 9.32. The van der Waals surface area contributed by atoms with Crippen molar-refractivity contribution < 1.29 is 13.2 Å². The molecule has 0 bridgehead atoms. The predicted octanol–water partition coefficient (Wildman–Crippen LogP) is 5.79. The highest BCUT2D eigenvalue weighted by atomic mass is 32.2. The number of nitrogens with one attached hydrogen (secondary N) is 1. The third-order valence-electron chi connectivity index (χ3n) is 5.79. The van der Waals surface area contributed by atoms with Gasteiger partial charge < -0.3 is 5.32 Å². The Morgan fingerprint density at radius 2 is 1.59 bits per heavy atom. The SMILES string of the molecule is Cc1ccc(C)c(N(Cc2ccc(C(=O)N[C@@H](CC(C)C)c3ccccc3)cc2)S(C)(=O)=O)c1. The Labute approximate surface area is 203 Å². The van der Waals surface area contributed by atoms with Crippen LogP contribution in [0, 0.1) is 19.8 Å². The average Bonchev–Trinajstić information content (AvgIpc) is 2.78. The highest BCUT2D eigenvalue weighted by Gasteiger charge is 2.21. The third-order valence-corrected chi connectivity index (χ3v) is 6.92. The van der Waals surface area contributed by atoms with Crippen LogP contribution in [0.4, 0.5) is 5.69 Å². The molecule has 3 rings (SSSR count). The summed E-state index contributed by atoms with van der Waals surface area (Å²) in [6.45, 7) is 8.32. The molecule has 6 heteroatoms. The lowest BCUT2D eigenvalue weighted by Gasteiger charge is -2.25. The van der Waals surface area contributed by atoms with Crippen molar-refractivity contribution in [3.63, 3.8) is 0 Å². The van der Waals surface area contributed by atoms with E-state index >= 15 is 0 Å². The number of hydrogen-bond donors (Lipinski definition) is 1. The lowest BCUT2D eigenvalue weighted by molar-refractivity contribution is 0.0932. The van der Waals surface area contributed by atoms with Crippen molar-refractivity contribution in [2.24, 2.45) is 5.92 Å². The largest absolute Gasteiger partial charge is 0.345 e. The molecule has 1 amide bonds. The van der Waals surface area contributed by atoms with E-state index in [1.807, 2.05) is 74.5 Å². The van der Waals surface area contributed by atoms with Gasteiger partial charge in [0.2, 0.25) is 10.0 Å². The number of aryl methyl sites for hydroxylation is 2. The normalized spacial score (nSPS) is 12.4. The van der Waals surface area contributed by atoms with Gasteiger partial charge in [-0.05, 0) is 66.6 Å². The van der Waals surface area contributed by atoms with E-state index < -0.39 is 10.0 Å². The second kappa shape index (κ2) is 10.9.